The zero-order valence-electron chi connectivity index (χ0n) is 16.3. The van der Waals surface area contributed by atoms with Gasteiger partial charge in [0.2, 0.25) is 0 Å². The van der Waals surface area contributed by atoms with Gasteiger partial charge in [0.1, 0.15) is 0 Å². The summed E-state index contributed by atoms with van der Waals surface area (Å²) in [5.41, 5.74) is 1.67. The van der Waals surface area contributed by atoms with E-state index in [0.717, 1.165) is 75.0 Å². The number of likely N-dealkylation sites (tertiary alicyclic amines) is 1. The third-order valence-electron chi connectivity index (χ3n) is 6.10. The van der Waals surface area contributed by atoms with Crippen molar-refractivity contribution < 1.29 is 4.79 Å². The SMILES string of the molecule is CN1CCN(CCC2CCCCN2C(=O)c2cnc3ccccc3c2)CC1. The van der Waals surface area contributed by atoms with E-state index in [1.165, 1.54) is 6.42 Å². The zero-order valence-corrected chi connectivity index (χ0v) is 16.3. The molecule has 0 spiro atoms. The average molecular weight is 367 g/mol. The van der Waals surface area contributed by atoms with Crippen molar-refractivity contribution in [2.45, 2.75) is 31.7 Å². The fourth-order valence-electron chi connectivity index (χ4n) is 4.32. The molecule has 2 saturated heterocycles. The third-order valence-corrected chi connectivity index (χ3v) is 6.10. The van der Waals surface area contributed by atoms with Crippen LogP contribution in [0.25, 0.3) is 10.9 Å². The molecule has 27 heavy (non-hydrogen) atoms. The molecular formula is C22H30N4O. The number of benzene rings is 1. The monoisotopic (exact) mass is 366 g/mol. The Morgan fingerprint density at radius 2 is 1.93 bits per heavy atom. The lowest BCUT2D eigenvalue weighted by Crippen LogP contribution is -2.48. The molecule has 0 bridgehead atoms. The van der Waals surface area contributed by atoms with Gasteiger partial charge >= 0.3 is 0 Å². The lowest BCUT2D eigenvalue weighted by atomic mass is 9.97. The highest BCUT2D eigenvalue weighted by molar-refractivity contribution is 5.97. The van der Waals surface area contributed by atoms with Gasteiger partial charge in [0, 0.05) is 56.9 Å². The van der Waals surface area contributed by atoms with Crippen LogP contribution in [-0.2, 0) is 0 Å². The number of likely N-dealkylation sites (N-methyl/N-ethyl adjacent to an activating group) is 1. The van der Waals surface area contributed by atoms with Gasteiger partial charge in [0.05, 0.1) is 11.1 Å². The first-order valence-electron chi connectivity index (χ1n) is 10.3. The molecule has 1 aromatic carbocycles. The standard InChI is InChI=1S/C22H30N4O/c1-24-12-14-25(15-13-24)11-9-20-7-4-5-10-26(20)22(27)19-16-18-6-2-3-8-21(18)23-17-19/h2-3,6,8,16-17,20H,4-5,7,9-15H2,1H3. The molecule has 2 aromatic rings. The van der Waals surface area contributed by atoms with Gasteiger partial charge in [-0.3, -0.25) is 9.78 Å². The largest absolute Gasteiger partial charge is 0.336 e. The minimum absolute atomic E-state index is 0.149. The molecule has 5 heteroatoms. The predicted molar refractivity (Wildman–Crippen MR) is 109 cm³/mol. The van der Waals surface area contributed by atoms with Gasteiger partial charge in [0.25, 0.3) is 5.91 Å². The number of hydrogen-bond acceptors (Lipinski definition) is 4. The number of hydrogen-bond donors (Lipinski definition) is 0. The lowest BCUT2D eigenvalue weighted by Gasteiger charge is -2.38. The number of carbonyl (C=O) groups excluding carboxylic acids is 1. The van der Waals surface area contributed by atoms with Gasteiger partial charge in [-0.2, -0.15) is 0 Å². The lowest BCUT2D eigenvalue weighted by molar-refractivity contribution is 0.0569. The van der Waals surface area contributed by atoms with Crippen molar-refractivity contribution >= 4 is 16.8 Å². The van der Waals surface area contributed by atoms with Crippen molar-refractivity contribution in [1.82, 2.24) is 19.7 Å². The molecule has 0 N–H and O–H groups in total. The molecule has 2 fully saturated rings. The van der Waals surface area contributed by atoms with Gasteiger partial charge in [-0.15, -0.1) is 0 Å². The number of pyridine rings is 1. The van der Waals surface area contributed by atoms with Gasteiger partial charge in [-0.25, -0.2) is 0 Å². The fraction of sp³-hybridized carbons (Fsp3) is 0.545. The summed E-state index contributed by atoms with van der Waals surface area (Å²) in [6.07, 6.45) is 6.29. The molecule has 2 aliphatic rings. The summed E-state index contributed by atoms with van der Waals surface area (Å²) in [4.78, 5) is 24.8. The van der Waals surface area contributed by atoms with Crippen LogP contribution in [0.5, 0.6) is 0 Å². The Bertz CT molecular complexity index is 785. The Morgan fingerprint density at radius 1 is 1.11 bits per heavy atom. The van der Waals surface area contributed by atoms with Crippen LogP contribution in [0.4, 0.5) is 0 Å². The Balaban J connectivity index is 1.43. The average Bonchev–Trinajstić information content (AvgIpc) is 2.73. The van der Waals surface area contributed by atoms with Crippen molar-refractivity contribution in [3.8, 4) is 0 Å². The van der Waals surface area contributed by atoms with E-state index in [1.807, 2.05) is 30.3 Å². The Morgan fingerprint density at radius 3 is 2.78 bits per heavy atom. The topological polar surface area (TPSA) is 39.7 Å². The number of piperazine rings is 1. The highest BCUT2D eigenvalue weighted by Gasteiger charge is 2.28. The van der Waals surface area contributed by atoms with Gasteiger partial charge in [0.15, 0.2) is 0 Å². The molecule has 144 valence electrons. The molecule has 1 atom stereocenters. The van der Waals surface area contributed by atoms with E-state index in [2.05, 4.69) is 26.7 Å². The second-order valence-corrected chi connectivity index (χ2v) is 8.00. The van der Waals surface area contributed by atoms with E-state index in [9.17, 15) is 4.79 Å². The Labute approximate surface area is 162 Å². The van der Waals surface area contributed by atoms with Crippen LogP contribution in [0.2, 0.25) is 0 Å². The molecule has 0 saturated carbocycles. The summed E-state index contributed by atoms with van der Waals surface area (Å²) in [6, 6.07) is 10.4. The van der Waals surface area contributed by atoms with Crippen molar-refractivity contribution in [2.75, 3.05) is 46.3 Å². The molecule has 1 unspecified atom stereocenters. The quantitative estimate of drug-likeness (QED) is 0.834. The summed E-state index contributed by atoms with van der Waals surface area (Å²) < 4.78 is 0. The molecule has 2 aliphatic heterocycles. The van der Waals surface area contributed by atoms with Crippen LogP contribution < -0.4 is 0 Å². The minimum atomic E-state index is 0.149. The van der Waals surface area contributed by atoms with E-state index >= 15 is 0 Å². The van der Waals surface area contributed by atoms with Gasteiger partial charge in [-0.05, 0) is 44.9 Å². The predicted octanol–water partition coefficient (Wildman–Crippen LogP) is 2.87. The summed E-state index contributed by atoms with van der Waals surface area (Å²) in [5, 5.41) is 1.04. The molecule has 1 amide bonds. The Kier molecular flexibility index (Phi) is 5.69. The smallest absolute Gasteiger partial charge is 0.255 e. The number of fused-ring (bicyclic) bond motifs is 1. The van der Waals surface area contributed by atoms with E-state index in [0.29, 0.717) is 6.04 Å². The van der Waals surface area contributed by atoms with E-state index in [1.54, 1.807) is 6.20 Å². The third kappa shape index (κ3) is 4.30. The first kappa shape index (κ1) is 18.4. The number of carbonyl (C=O) groups is 1. The van der Waals surface area contributed by atoms with Crippen LogP contribution in [0.1, 0.15) is 36.0 Å². The van der Waals surface area contributed by atoms with E-state index in [-0.39, 0.29) is 5.91 Å². The molecule has 1 aromatic heterocycles. The normalized spacial score (nSPS) is 22.3. The van der Waals surface area contributed by atoms with Crippen molar-refractivity contribution in [3.05, 3.63) is 42.1 Å². The van der Waals surface area contributed by atoms with Crippen LogP contribution in [0, 0.1) is 0 Å². The highest BCUT2D eigenvalue weighted by Crippen LogP contribution is 2.23. The number of rotatable bonds is 4. The van der Waals surface area contributed by atoms with Crippen molar-refractivity contribution in [1.29, 1.82) is 0 Å². The molecule has 0 radical (unpaired) electrons. The van der Waals surface area contributed by atoms with Crippen molar-refractivity contribution in [2.24, 2.45) is 0 Å². The molecule has 4 rings (SSSR count). The van der Waals surface area contributed by atoms with Crippen molar-refractivity contribution in [3.63, 3.8) is 0 Å². The number of para-hydroxylation sites is 1. The molecular weight excluding hydrogens is 336 g/mol. The first-order chi connectivity index (χ1) is 13.2. The molecule has 0 aliphatic carbocycles. The molecule has 3 heterocycles. The summed E-state index contributed by atoms with van der Waals surface area (Å²) in [6.45, 7) is 6.56. The zero-order chi connectivity index (χ0) is 18.6. The summed E-state index contributed by atoms with van der Waals surface area (Å²) >= 11 is 0. The minimum Gasteiger partial charge on any atom is -0.336 e. The maximum Gasteiger partial charge on any atom is 0.255 e. The van der Waals surface area contributed by atoms with Crippen LogP contribution in [-0.4, -0.2) is 77.9 Å². The summed E-state index contributed by atoms with van der Waals surface area (Å²) in [5.74, 6) is 0.149. The van der Waals surface area contributed by atoms with E-state index < -0.39 is 0 Å². The molecule has 5 nitrogen and oxygen atoms in total. The second-order valence-electron chi connectivity index (χ2n) is 8.00. The van der Waals surface area contributed by atoms with E-state index in [4.69, 9.17) is 0 Å². The number of piperidine rings is 1. The first-order valence-corrected chi connectivity index (χ1v) is 10.3. The second kappa shape index (κ2) is 8.36. The fourth-order valence-corrected chi connectivity index (χ4v) is 4.32. The summed E-state index contributed by atoms with van der Waals surface area (Å²) in [7, 11) is 2.19. The van der Waals surface area contributed by atoms with Crippen LogP contribution >= 0.6 is 0 Å². The number of amides is 1. The highest BCUT2D eigenvalue weighted by atomic mass is 16.2. The van der Waals surface area contributed by atoms with Crippen LogP contribution in [0.15, 0.2) is 36.5 Å². The van der Waals surface area contributed by atoms with Crippen LogP contribution in [0.3, 0.4) is 0 Å². The maximum absolute atomic E-state index is 13.2. The van der Waals surface area contributed by atoms with Gasteiger partial charge < -0.3 is 14.7 Å². The number of aromatic nitrogens is 1. The maximum atomic E-state index is 13.2. The van der Waals surface area contributed by atoms with Gasteiger partial charge in [-0.1, -0.05) is 18.2 Å². The Hall–Kier alpha value is -1.98. The number of nitrogens with zero attached hydrogens (tertiary/aromatic N) is 4.